The average molecular weight is 245 g/mol. The van der Waals surface area contributed by atoms with Gasteiger partial charge >= 0.3 is 5.97 Å². The van der Waals surface area contributed by atoms with Gasteiger partial charge in [-0.05, 0) is 13.8 Å². The van der Waals surface area contributed by atoms with Crippen molar-refractivity contribution in [1.82, 2.24) is 0 Å². The number of methoxy groups -OCH3 is 1. The molecule has 2 aliphatic heterocycles. The van der Waals surface area contributed by atoms with Crippen molar-refractivity contribution in [3.8, 4) is 0 Å². The lowest BCUT2D eigenvalue weighted by atomic mass is 10.1. The largest absolute Gasteiger partial charge is 0.469 e. The molecule has 0 aromatic heterocycles. The lowest BCUT2D eigenvalue weighted by Crippen LogP contribution is -2.34. The van der Waals surface area contributed by atoms with Crippen LogP contribution in [-0.2, 0) is 23.7 Å². The molecule has 6 heteroatoms. The molecule has 2 heterocycles. The Balaban J connectivity index is 2.07. The van der Waals surface area contributed by atoms with Crippen LogP contribution in [0.25, 0.3) is 0 Å². The molecule has 0 amide bonds. The fraction of sp³-hybridized carbons (Fsp3) is 0.909. The zero-order valence-electron chi connectivity index (χ0n) is 10.3. The molecule has 2 aliphatic rings. The van der Waals surface area contributed by atoms with Gasteiger partial charge in [-0.15, -0.1) is 0 Å². The minimum atomic E-state index is -0.652. The van der Waals surface area contributed by atoms with E-state index in [-0.39, 0.29) is 36.8 Å². The van der Waals surface area contributed by atoms with Gasteiger partial charge in [-0.1, -0.05) is 0 Å². The topological polar surface area (TPSA) is 80.0 Å². The second-order valence-corrected chi connectivity index (χ2v) is 4.79. The minimum Gasteiger partial charge on any atom is -0.469 e. The Morgan fingerprint density at radius 1 is 1.29 bits per heavy atom. The molecule has 0 aromatic carbocycles. The zero-order valence-corrected chi connectivity index (χ0v) is 10.3. The van der Waals surface area contributed by atoms with E-state index in [1.807, 2.05) is 13.8 Å². The van der Waals surface area contributed by atoms with Crippen LogP contribution in [0.3, 0.4) is 0 Å². The summed E-state index contributed by atoms with van der Waals surface area (Å²) in [6.07, 6.45) is -0.866. The van der Waals surface area contributed by atoms with Gasteiger partial charge in [-0.2, -0.15) is 0 Å². The van der Waals surface area contributed by atoms with Crippen molar-refractivity contribution in [3.63, 3.8) is 0 Å². The first kappa shape index (κ1) is 12.8. The summed E-state index contributed by atoms with van der Waals surface area (Å²) in [5, 5.41) is 0. The van der Waals surface area contributed by atoms with Gasteiger partial charge in [0.2, 0.25) is 0 Å². The van der Waals surface area contributed by atoms with Gasteiger partial charge in [-0.3, -0.25) is 4.79 Å². The zero-order chi connectivity index (χ0) is 12.6. The van der Waals surface area contributed by atoms with E-state index >= 15 is 0 Å². The molecule has 98 valence electrons. The molecule has 0 aliphatic carbocycles. The summed E-state index contributed by atoms with van der Waals surface area (Å²) in [4.78, 5) is 11.3. The monoisotopic (exact) mass is 245 g/mol. The highest BCUT2D eigenvalue weighted by molar-refractivity contribution is 5.70. The van der Waals surface area contributed by atoms with E-state index in [0.717, 1.165) is 0 Å². The molecule has 0 saturated carbocycles. The van der Waals surface area contributed by atoms with Crippen LogP contribution < -0.4 is 5.73 Å². The standard InChI is InChI=1S/C11H19NO5/c1-11(2)16-9-6(4-8(13)14-3)15-7(5-12)10(9)17-11/h6-7,9-10H,4-5,12H2,1-3H3/t6-,7-,9+,10-/m1/s1. The average Bonchev–Trinajstić information content (AvgIpc) is 2.73. The molecule has 0 spiro atoms. The number of nitrogens with two attached hydrogens (primary N) is 1. The van der Waals surface area contributed by atoms with Gasteiger partial charge in [0.25, 0.3) is 0 Å². The third-order valence-corrected chi connectivity index (χ3v) is 3.07. The number of hydrogen-bond acceptors (Lipinski definition) is 6. The van der Waals surface area contributed by atoms with Gasteiger partial charge in [0.1, 0.15) is 12.2 Å². The van der Waals surface area contributed by atoms with E-state index < -0.39 is 5.79 Å². The first-order valence-electron chi connectivity index (χ1n) is 5.75. The van der Waals surface area contributed by atoms with E-state index in [0.29, 0.717) is 6.54 Å². The Labute approximate surface area is 100 Å². The number of ether oxygens (including phenoxy) is 4. The lowest BCUT2D eigenvalue weighted by molar-refractivity contribution is -0.188. The van der Waals surface area contributed by atoms with Crippen LogP contribution in [0.1, 0.15) is 20.3 Å². The molecule has 4 atom stereocenters. The van der Waals surface area contributed by atoms with Crippen LogP contribution in [-0.4, -0.2) is 49.8 Å². The maximum absolute atomic E-state index is 11.3. The van der Waals surface area contributed by atoms with Gasteiger partial charge in [0, 0.05) is 6.54 Å². The summed E-state index contributed by atoms with van der Waals surface area (Å²) < 4.78 is 21.8. The Morgan fingerprint density at radius 3 is 2.41 bits per heavy atom. The molecule has 2 fully saturated rings. The van der Waals surface area contributed by atoms with E-state index in [4.69, 9.17) is 19.9 Å². The van der Waals surface area contributed by atoms with E-state index in [1.165, 1.54) is 7.11 Å². The van der Waals surface area contributed by atoms with Crippen molar-refractivity contribution >= 4 is 5.97 Å². The van der Waals surface area contributed by atoms with Crippen molar-refractivity contribution in [2.45, 2.75) is 50.5 Å². The number of carbonyl (C=O) groups excluding carboxylic acids is 1. The molecule has 0 radical (unpaired) electrons. The summed E-state index contributed by atoms with van der Waals surface area (Å²) in [7, 11) is 1.35. The van der Waals surface area contributed by atoms with Crippen LogP contribution in [0.4, 0.5) is 0 Å². The summed E-state index contributed by atoms with van der Waals surface area (Å²) >= 11 is 0. The van der Waals surface area contributed by atoms with Gasteiger partial charge in [0.05, 0.1) is 25.7 Å². The predicted octanol–water partition coefficient (Wildman–Crippen LogP) is -0.204. The maximum atomic E-state index is 11.3. The highest BCUT2D eigenvalue weighted by Crippen LogP contribution is 2.39. The fourth-order valence-corrected chi connectivity index (χ4v) is 2.37. The Kier molecular flexibility index (Phi) is 3.40. The van der Waals surface area contributed by atoms with Crippen molar-refractivity contribution in [2.75, 3.05) is 13.7 Å². The van der Waals surface area contributed by atoms with E-state index in [1.54, 1.807) is 0 Å². The molecular weight excluding hydrogens is 226 g/mol. The second-order valence-electron chi connectivity index (χ2n) is 4.79. The molecule has 2 saturated heterocycles. The van der Waals surface area contributed by atoms with Crippen LogP contribution in [0.5, 0.6) is 0 Å². The van der Waals surface area contributed by atoms with Crippen LogP contribution in [0, 0.1) is 0 Å². The SMILES string of the molecule is COC(=O)C[C@H]1O[C@H](CN)[C@H]2OC(C)(C)O[C@H]21. The fourth-order valence-electron chi connectivity index (χ4n) is 2.37. The van der Waals surface area contributed by atoms with Crippen molar-refractivity contribution in [2.24, 2.45) is 5.73 Å². The molecule has 0 aromatic rings. The maximum Gasteiger partial charge on any atom is 0.308 e. The van der Waals surface area contributed by atoms with E-state index in [9.17, 15) is 4.79 Å². The number of fused-ring (bicyclic) bond motifs is 1. The first-order valence-corrected chi connectivity index (χ1v) is 5.75. The first-order chi connectivity index (χ1) is 7.96. The number of carbonyl (C=O) groups is 1. The minimum absolute atomic E-state index is 0.160. The number of rotatable bonds is 3. The van der Waals surface area contributed by atoms with Crippen LogP contribution in [0.15, 0.2) is 0 Å². The van der Waals surface area contributed by atoms with Gasteiger partial charge in [-0.25, -0.2) is 0 Å². The predicted molar refractivity (Wildman–Crippen MR) is 58.2 cm³/mol. The third-order valence-electron chi connectivity index (χ3n) is 3.07. The molecule has 17 heavy (non-hydrogen) atoms. The molecule has 0 unspecified atom stereocenters. The van der Waals surface area contributed by atoms with Crippen molar-refractivity contribution in [3.05, 3.63) is 0 Å². The molecule has 6 nitrogen and oxygen atoms in total. The Morgan fingerprint density at radius 2 is 1.88 bits per heavy atom. The summed E-state index contributed by atoms with van der Waals surface area (Å²) in [6, 6.07) is 0. The van der Waals surface area contributed by atoms with Crippen LogP contribution in [0.2, 0.25) is 0 Å². The molecule has 0 bridgehead atoms. The summed E-state index contributed by atoms with van der Waals surface area (Å²) in [6.45, 7) is 4.03. The lowest BCUT2D eigenvalue weighted by Gasteiger charge is -2.23. The van der Waals surface area contributed by atoms with E-state index in [2.05, 4.69) is 4.74 Å². The molecule has 2 N–H and O–H groups in total. The molecule has 2 rings (SSSR count). The third kappa shape index (κ3) is 2.44. The second kappa shape index (κ2) is 4.53. The molecular formula is C11H19NO5. The highest BCUT2D eigenvalue weighted by atomic mass is 16.8. The van der Waals surface area contributed by atoms with Crippen molar-refractivity contribution < 1.29 is 23.7 Å². The van der Waals surface area contributed by atoms with Crippen molar-refractivity contribution in [1.29, 1.82) is 0 Å². The summed E-state index contributed by atoms with van der Waals surface area (Å²) in [5.74, 6) is -0.972. The van der Waals surface area contributed by atoms with Gasteiger partial charge < -0.3 is 24.7 Å². The van der Waals surface area contributed by atoms with Gasteiger partial charge in [0.15, 0.2) is 5.79 Å². The summed E-state index contributed by atoms with van der Waals surface area (Å²) in [5.41, 5.74) is 5.63. The highest BCUT2D eigenvalue weighted by Gasteiger charge is 2.54. The smallest absolute Gasteiger partial charge is 0.308 e. The quantitative estimate of drug-likeness (QED) is 0.693. The normalized spacial score (nSPS) is 39.1. The number of esters is 1. The number of hydrogen-bond donors (Lipinski definition) is 1. The van der Waals surface area contributed by atoms with Crippen LogP contribution >= 0.6 is 0 Å². The Hall–Kier alpha value is -0.690. The Bertz CT molecular complexity index is 306.